The molecule has 0 spiro atoms. The average Bonchev–Trinajstić information content (AvgIpc) is 3.63. The largest absolute Gasteiger partial charge is 0.338 e. The van der Waals surface area contributed by atoms with Gasteiger partial charge in [-0.15, -0.1) is 22.7 Å². The molecule has 1 unspecified atom stereocenters. The molecule has 2 aromatic carbocycles. The summed E-state index contributed by atoms with van der Waals surface area (Å²) in [5, 5.41) is 3.86. The molecule has 2 aliphatic heterocycles. The average molecular weight is 543 g/mol. The molecule has 2 aliphatic rings. The van der Waals surface area contributed by atoms with Crippen molar-refractivity contribution in [3.05, 3.63) is 122 Å². The van der Waals surface area contributed by atoms with Gasteiger partial charge in [0.15, 0.2) is 0 Å². The van der Waals surface area contributed by atoms with Crippen LogP contribution in [-0.4, -0.2) is 24.8 Å². The van der Waals surface area contributed by atoms with Gasteiger partial charge >= 0.3 is 0 Å². The number of carbonyl (C=O) groups excluding carboxylic acids is 1. The molecule has 184 valence electrons. The highest BCUT2D eigenvalue weighted by Crippen LogP contribution is 2.46. The molecule has 0 saturated carbocycles. The molecular formula is C29H22N2O3S3. The molecule has 0 aliphatic carbocycles. The van der Waals surface area contributed by atoms with Crippen molar-refractivity contribution in [3.63, 3.8) is 0 Å². The van der Waals surface area contributed by atoms with Crippen molar-refractivity contribution in [1.29, 1.82) is 0 Å². The van der Waals surface area contributed by atoms with Gasteiger partial charge in [0, 0.05) is 23.1 Å². The van der Waals surface area contributed by atoms with Gasteiger partial charge in [-0.2, -0.15) is 12.8 Å². The summed E-state index contributed by atoms with van der Waals surface area (Å²) in [5.74, 6) is -0.220. The molecule has 0 radical (unpaired) electrons. The van der Waals surface area contributed by atoms with E-state index in [1.54, 1.807) is 41.7 Å². The number of thiophene rings is 2. The van der Waals surface area contributed by atoms with Crippen molar-refractivity contribution in [2.24, 2.45) is 4.40 Å². The third-order valence-corrected chi connectivity index (χ3v) is 9.70. The molecule has 8 heteroatoms. The van der Waals surface area contributed by atoms with E-state index in [-0.39, 0.29) is 28.9 Å². The number of rotatable bonds is 5. The van der Waals surface area contributed by atoms with Crippen molar-refractivity contribution in [3.8, 4) is 0 Å². The summed E-state index contributed by atoms with van der Waals surface area (Å²) < 4.78 is 31.4. The molecule has 0 saturated heterocycles. The Kier molecular flexibility index (Phi) is 6.03. The normalized spacial score (nSPS) is 18.1. The van der Waals surface area contributed by atoms with Crippen LogP contribution in [0.3, 0.4) is 0 Å². The number of fused-ring (bicyclic) bond motifs is 3. The minimum Gasteiger partial charge on any atom is -0.338 e. The summed E-state index contributed by atoms with van der Waals surface area (Å²) >= 11 is 2.95. The quantitative estimate of drug-likeness (QED) is 0.255. The van der Waals surface area contributed by atoms with Crippen LogP contribution in [0.1, 0.15) is 43.7 Å². The number of sulfonamides is 1. The lowest BCUT2D eigenvalue weighted by molar-refractivity contribution is 0.104. The van der Waals surface area contributed by atoms with Gasteiger partial charge in [-0.25, -0.2) is 0 Å². The number of benzene rings is 2. The summed E-state index contributed by atoms with van der Waals surface area (Å²) in [4.78, 5) is 17.9. The van der Waals surface area contributed by atoms with Crippen LogP contribution in [0.4, 0.5) is 0 Å². The number of allylic oxidation sites excluding steroid dienone is 1. The zero-order valence-electron chi connectivity index (χ0n) is 19.9. The molecule has 0 fully saturated rings. The van der Waals surface area contributed by atoms with E-state index < -0.39 is 10.0 Å². The van der Waals surface area contributed by atoms with Crippen molar-refractivity contribution in [2.45, 2.75) is 24.3 Å². The summed E-state index contributed by atoms with van der Waals surface area (Å²) in [6.45, 7) is 1.90. The fourth-order valence-corrected chi connectivity index (χ4v) is 7.29. The van der Waals surface area contributed by atoms with Crippen LogP contribution in [0.25, 0.3) is 11.8 Å². The van der Waals surface area contributed by atoms with Crippen LogP contribution in [0.15, 0.2) is 105 Å². The first kappa shape index (κ1) is 23.8. The van der Waals surface area contributed by atoms with Crippen molar-refractivity contribution >= 4 is 56.0 Å². The third kappa shape index (κ3) is 4.31. The van der Waals surface area contributed by atoms with E-state index in [9.17, 15) is 13.2 Å². The second-order valence-corrected chi connectivity index (χ2v) is 12.4. The lowest BCUT2D eigenvalue weighted by Gasteiger charge is -2.40. The first-order valence-corrected chi connectivity index (χ1v) is 14.9. The van der Waals surface area contributed by atoms with Gasteiger partial charge in [-0.3, -0.25) is 4.79 Å². The molecule has 2 aromatic heterocycles. The molecule has 4 aromatic rings. The minimum atomic E-state index is -4.05. The molecule has 6 rings (SSSR count). The van der Waals surface area contributed by atoms with Gasteiger partial charge in [-0.05, 0) is 53.6 Å². The maximum Gasteiger partial charge on any atom is 0.282 e. The van der Waals surface area contributed by atoms with Gasteiger partial charge in [0.2, 0.25) is 5.78 Å². The summed E-state index contributed by atoms with van der Waals surface area (Å²) in [7, 11) is -4.05. The van der Waals surface area contributed by atoms with Crippen LogP contribution in [0.5, 0.6) is 0 Å². The Morgan fingerprint density at radius 2 is 1.70 bits per heavy atom. The number of aryl methyl sites for hydroxylation is 1. The molecule has 4 heterocycles. The van der Waals surface area contributed by atoms with E-state index >= 15 is 0 Å². The summed E-state index contributed by atoms with van der Waals surface area (Å²) in [6, 6.07) is 21.9. The smallest absolute Gasteiger partial charge is 0.282 e. The SMILES string of the molecule is Cc1ccc(S(=O)(=O)N=C2CC(c3cccs3)N3C=Cc4ccccc4C3=C2C(=O)c2cccs2)cc1. The second kappa shape index (κ2) is 9.37. The van der Waals surface area contributed by atoms with Crippen LogP contribution in [0, 0.1) is 6.92 Å². The highest BCUT2D eigenvalue weighted by atomic mass is 32.2. The zero-order valence-corrected chi connectivity index (χ0v) is 22.3. The third-order valence-electron chi connectivity index (χ3n) is 6.53. The van der Waals surface area contributed by atoms with Gasteiger partial charge in [0.25, 0.3) is 10.0 Å². The lowest BCUT2D eigenvalue weighted by atomic mass is 9.85. The number of carbonyl (C=O) groups is 1. The van der Waals surface area contributed by atoms with Gasteiger partial charge in [0.05, 0.1) is 32.8 Å². The van der Waals surface area contributed by atoms with Crippen molar-refractivity contribution in [2.75, 3.05) is 0 Å². The first-order valence-electron chi connectivity index (χ1n) is 11.7. The number of Topliss-reactive ketones (excluding diaryl/α,β-unsaturated/α-hetero) is 1. The summed E-state index contributed by atoms with van der Waals surface area (Å²) in [5.41, 5.74) is 4.12. The molecule has 1 atom stereocenters. The molecule has 0 bridgehead atoms. The Morgan fingerprint density at radius 1 is 0.946 bits per heavy atom. The van der Waals surface area contributed by atoms with Crippen LogP contribution in [-0.2, 0) is 10.0 Å². The fraction of sp³-hybridized carbons (Fsp3) is 0.103. The number of nitrogens with zero attached hydrogens (tertiary/aromatic N) is 2. The van der Waals surface area contributed by atoms with Gasteiger partial charge < -0.3 is 4.90 Å². The lowest BCUT2D eigenvalue weighted by Crippen LogP contribution is -2.35. The zero-order chi connectivity index (χ0) is 25.6. The van der Waals surface area contributed by atoms with Crippen LogP contribution in [0.2, 0.25) is 0 Å². The van der Waals surface area contributed by atoms with E-state index in [0.717, 1.165) is 21.6 Å². The second-order valence-electron chi connectivity index (χ2n) is 8.90. The standard InChI is InChI=1S/C29H22N2O3S3/c1-19-10-12-21(13-11-19)37(33,34)30-23-18-24(25-8-4-16-35-25)31-15-14-20-6-2-3-7-22(20)28(31)27(23)29(32)26-9-5-17-36-26/h2-17,24H,18H2,1H3. The fourth-order valence-electron chi connectivity index (χ4n) is 4.75. The van der Waals surface area contributed by atoms with Crippen LogP contribution >= 0.6 is 22.7 Å². The maximum absolute atomic E-state index is 14.0. The van der Waals surface area contributed by atoms with E-state index in [2.05, 4.69) is 9.30 Å². The van der Waals surface area contributed by atoms with E-state index in [1.807, 2.05) is 72.4 Å². The first-order chi connectivity index (χ1) is 17.9. The van der Waals surface area contributed by atoms with Crippen molar-refractivity contribution < 1.29 is 13.2 Å². The molecule has 0 amide bonds. The van der Waals surface area contributed by atoms with E-state index in [1.165, 1.54) is 11.3 Å². The Morgan fingerprint density at radius 3 is 2.43 bits per heavy atom. The predicted octanol–water partition coefficient (Wildman–Crippen LogP) is 6.97. The number of hydrogen-bond acceptors (Lipinski definition) is 6. The maximum atomic E-state index is 14.0. The van der Waals surface area contributed by atoms with E-state index in [0.29, 0.717) is 16.1 Å². The number of hydrogen-bond donors (Lipinski definition) is 0. The highest BCUT2D eigenvalue weighted by molar-refractivity contribution is 7.90. The van der Waals surface area contributed by atoms with Gasteiger partial charge in [0.1, 0.15) is 0 Å². The van der Waals surface area contributed by atoms with E-state index in [4.69, 9.17) is 0 Å². The molecule has 37 heavy (non-hydrogen) atoms. The minimum absolute atomic E-state index is 0.109. The van der Waals surface area contributed by atoms with Crippen LogP contribution < -0.4 is 0 Å². The molecule has 0 N–H and O–H groups in total. The highest BCUT2D eigenvalue weighted by Gasteiger charge is 2.39. The molecular weight excluding hydrogens is 521 g/mol. The predicted molar refractivity (Wildman–Crippen MR) is 150 cm³/mol. The molecule has 5 nitrogen and oxygen atoms in total. The topological polar surface area (TPSA) is 66.8 Å². The summed E-state index contributed by atoms with van der Waals surface area (Å²) in [6.07, 6.45) is 4.32. The van der Waals surface area contributed by atoms with Gasteiger partial charge in [-0.1, -0.05) is 54.1 Å². The monoisotopic (exact) mass is 542 g/mol. The Balaban J connectivity index is 1.63. The number of ketones is 1. The Bertz CT molecular complexity index is 1680. The Labute approximate surface area is 223 Å². The Hall–Kier alpha value is -3.59. The van der Waals surface area contributed by atoms with Crippen molar-refractivity contribution in [1.82, 2.24) is 4.90 Å².